The molecule has 0 saturated carbocycles. The van der Waals surface area contributed by atoms with Crippen molar-refractivity contribution >= 4 is 29.9 Å². The molecule has 1 aromatic carbocycles. The van der Waals surface area contributed by atoms with E-state index >= 15 is 0 Å². The van der Waals surface area contributed by atoms with E-state index < -0.39 is 0 Å². The third-order valence-corrected chi connectivity index (χ3v) is 4.38. The van der Waals surface area contributed by atoms with Crippen LogP contribution < -0.4 is 25.7 Å². The zero-order valence-corrected chi connectivity index (χ0v) is 18.3. The average molecular weight is 498 g/mol. The summed E-state index contributed by atoms with van der Waals surface area (Å²) in [5, 5.41) is 6.62. The summed E-state index contributed by atoms with van der Waals surface area (Å²) in [5.74, 6) is 2.40. The number of unbranched alkanes of at least 4 members (excludes halogenated alkanes) is 1. The van der Waals surface area contributed by atoms with Gasteiger partial charge in [0.2, 0.25) is 12.4 Å². The van der Waals surface area contributed by atoms with E-state index in [0.717, 1.165) is 56.4 Å². The van der Waals surface area contributed by atoms with Crippen molar-refractivity contribution in [1.82, 2.24) is 15.2 Å². The molecule has 0 saturated heterocycles. The third kappa shape index (κ3) is 6.43. The number of aliphatic imine (C=N–C) groups is 1. The molecule has 3 rings (SSSR count). The zero-order valence-electron chi connectivity index (χ0n) is 16.0. The Morgan fingerprint density at radius 3 is 2.75 bits per heavy atom. The fraction of sp³-hybridized carbons (Fsp3) is 0.400. The minimum absolute atomic E-state index is 0. The summed E-state index contributed by atoms with van der Waals surface area (Å²) in [7, 11) is 1.76. The van der Waals surface area contributed by atoms with Gasteiger partial charge in [0.15, 0.2) is 17.5 Å². The highest BCUT2D eigenvalue weighted by molar-refractivity contribution is 14.0. The van der Waals surface area contributed by atoms with Crippen molar-refractivity contribution in [3.8, 4) is 11.5 Å². The highest BCUT2D eigenvalue weighted by Gasteiger charge is 2.12. The van der Waals surface area contributed by atoms with E-state index in [9.17, 15) is 4.79 Å². The molecule has 152 valence electrons. The van der Waals surface area contributed by atoms with Crippen LogP contribution in [0.25, 0.3) is 0 Å². The van der Waals surface area contributed by atoms with Gasteiger partial charge in [0.1, 0.15) is 0 Å². The third-order valence-electron chi connectivity index (χ3n) is 4.38. The first-order valence-electron chi connectivity index (χ1n) is 9.25. The minimum Gasteiger partial charge on any atom is -0.454 e. The van der Waals surface area contributed by atoms with Gasteiger partial charge in [0.25, 0.3) is 0 Å². The molecule has 0 aliphatic carbocycles. The van der Waals surface area contributed by atoms with Crippen LogP contribution in [0.4, 0.5) is 0 Å². The Kier molecular flexibility index (Phi) is 9.12. The predicted molar refractivity (Wildman–Crippen MR) is 121 cm³/mol. The Labute approximate surface area is 182 Å². The lowest BCUT2D eigenvalue weighted by molar-refractivity contribution is 0.174. The molecule has 1 aromatic heterocycles. The van der Waals surface area contributed by atoms with Crippen molar-refractivity contribution in [2.45, 2.75) is 25.8 Å². The van der Waals surface area contributed by atoms with Gasteiger partial charge in [-0.3, -0.25) is 9.79 Å². The van der Waals surface area contributed by atoms with Crippen molar-refractivity contribution in [3.63, 3.8) is 0 Å². The maximum Gasteiger partial charge on any atom is 0.250 e. The number of nitrogens with one attached hydrogen (secondary N) is 2. The fourth-order valence-electron chi connectivity index (χ4n) is 2.90. The highest BCUT2D eigenvalue weighted by Crippen LogP contribution is 2.32. The SMILES string of the molecule is CN=C(NCCCCn1ccccc1=O)NCCc1ccc2c(c1)OCO2.I. The number of fused-ring (bicyclic) bond motifs is 1. The molecule has 8 heteroatoms. The second kappa shape index (κ2) is 11.6. The van der Waals surface area contributed by atoms with Gasteiger partial charge < -0.3 is 24.7 Å². The normalized spacial score (nSPS) is 12.4. The number of halogens is 1. The first-order valence-corrected chi connectivity index (χ1v) is 9.25. The molecule has 0 atom stereocenters. The van der Waals surface area contributed by atoms with Crippen LogP contribution in [0.1, 0.15) is 18.4 Å². The Morgan fingerprint density at radius 2 is 1.93 bits per heavy atom. The summed E-state index contributed by atoms with van der Waals surface area (Å²) >= 11 is 0. The first kappa shape index (κ1) is 22.1. The second-order valence-electron chi connectivity index (χ2n) is 6.30. The number of ether oxygens (including phenoxy) is 2. The van der Waals surface area contributed by atoms with Crippen LogP contribution in [0.2, 0.25) is 0 Å². The number of pyridine rings is 1. The number of aryl methyl sites for hydroxylation is 1. The summed E-state index contributed by atoms with van der Waals surface area (Å²) in [6, 6.07) is 11.3. The van der Waals surface area contributed by atoms with Crippen molar-refractivity contribution < 1.29 is 9.47 Å². The van der Waals surface area contributed by atoms with Gasteiger partial charge in [-0.2, -0.15) is 0 Å². The van der Waals surface area contributed by atoms with Gasteiger partial charge in [0.05, 0.1) is 0 Å². The number of guanidine groups is 1. The van der Waals surface area contributed by atoms with E-state index in [2.05, 4.69) is 21.7 Å². The lowest BCUT2D eigenvalue weighted by Gasteiger charge is -2.12. The van der Waals surface area contributed by atoms with Crippen molar-refractivity contribution in [2.24, 2.45) is 4.99 Å². The summed E-state index contributed by atoms with van der Waals surface area (Å²) in [5.41, 5.74) is 1.24. The number of nitrogens with zero attached hydrogens (tertiary/aromatic N) is 2. The number of benzene rings is 1. The van der Waals surface area contributed by atoms with Crippen LogP contribution >= 0.6 is 24.0 Å². The van der Waals surface area contributed by atoms with E-state index in [1.165, 1.54) is 5.56 Å². The van der Waals surface area contributed by atoms with Crippen molar-refractivity contribution in [2.75, 3.05) is 26.9 Å². The Morgan fingerprint density at radius 1 is 1.11 bits per heavy atom. The molecule has 28 heavy (non-hydrogen) atoms. The predicted octanol–water partition coefficient (Wildman–Crippen LogP) is 2.38. The maximum absolute atomic E-state index is 11.6. The maximum atomic E-state index is 11.6. The summed E-state index contributed by atoms with van der Waals surface area (Å²) in [4.78, 5) is 15.9. The smallest absolute Gasteiger partial charge is 0.250 e. The van der Waals surface area contributed by atoms with Crippen molar-refractivity contribution in [1.29, 1.82) is 0 Å². The molecule has 7 nitrogen and oxygen atoms in total. The molecule has 0 radical (unpaired) electrons. The van der Waals surface area contributed by atoms with Gasteiger partial charge >= 0.3 is 0 Å². The average Bonchev–Trinajstić information content (AvgIpc) is 3.15. The minimum atomic E-state index is 0. The van der Waals surface area contributed by atoms with Crippen molar-refractivity contribution in [3.05, 3.63) is 58.5 Å². The Hall–Kier alpha value is -2.23. The van der Waals surface area contributed by atoms with Gasteiger partial charge in [-0.05, 0) is 43.0 Å². The molecule has 2 aromatic rings. The van der Waals surface area contributed by atoms with E-state index in [1.54, 1.807) is 23.7 Å². The number of rotatable bonds is 8. The first-order chi connectivity index (χ1) is 13.3. The van der Waals surface area contributed by atoms with E-state index in [0.29, 0.717) is 6.79 Å². The fourth-order valence-corrected chi connectivity index (χ4v) is 2.90. The van der Waals surface area contributed by atoms with Crippen LogP contribution in [-0.2, 0) is 13.0 Å². The lowest BCUT2D eigenvalue weighted by atomic mass is 10.1. The molecule has 0 fully saturated rings. The molecule has 0 spiro atoms. The molecule has 0 bridgehead atoms. The van der Waals surface area contributed by atoms with Crippen LogP contribution in [0.15, 0.2) is 52.4 Å². The summed E-state index contributed by atoms with van der Waals surface area (Å²) in [6.45, 7) is 2.62. The number of hydrogen-bond donors (Lipinski definition) is 2. The molecule has 1 aliphatic heterocycles. The van der Waals surface area contributed by atoms with Gasteiger partial charge in [0, 0.05) is 38.9 Å². The summed E-state index contributed by atoms with van der Waals surface area (Å²) in [6.07, 6.45) is 4.59. The summed E-state index contributed by atoms with van der Waals surface area (Å²) < 4.78 is 12.5. The monoisotopic (exact) mass is 498 g/mol. The molecule has 0 unspecified atom stereocenters. The lowest BCUT2D eigenvalue weighted by Crippen LogP contribution is -2.38. The largest absolute Gasteiger partial charge is 0.454 e. The van der Waals surface area contributed by atoms with Gasteiger partial charge in [-0.1, -0.05) is 12.1 Å². The standard InChI is InChI=1S/C20H26N4O3.HI/c1-21-20(22-10-3-5-13-24-12-4-2-6-19(24)25)23-11-9-16-7-8-17-18(14-16)27-15-26-17;/h2,4,6-8,12,14H,3,5,9-11,13,15H2,1H3,(H2,21,22,23);1H. The zero-order chi connectivity index (χ0) is 18.9. The van der Waals surface area contributed by atoms with Crippen LogP contribution in [-0.4, -0.2) is 37.5 Å². The number of aromatic nitrogens is 1. The van der Waals surface area contributed by atoms with Crippen LogP contribution in [0, 0.1) is 0 Å². The molecular weight excluding hydrogens is 471 g/mol. The van der Waals surface area contributed by atoms with Gasteiger partial charge in [-0.25, -0.2) is 0 Å². The quantitative estimate of drug-likeness (QED) is 0.253. The molecule has 1 aliphatic rings. The van der Waals surface area contributed by atoms with Gasteiger partial charge in [-0.15, -0.1) is 24.0 Å². The Balaban J connectivity index is 0.00000280. The molecule has 2 N–H and O–H groups in total. The highest BCUT2D eigenvalue weighted by atomic mass is 127. The molecular formula is C20H27IN4O3. The van der Waals surface area contributed by atoms with E-state index in [4.69, 9.17) is 9.47 Å². The second-order valence-corrected chi connectivity index (χ2v) is 6.30. The van der Waals surface area contributed by atoms with Crippen LogP contribution in [0.3, 0.4) is 0 Å². The topological polar surface area (TPSA) is 76.9 Å². The molecule has 2 heterocycles. The number of hydrogen-bond acceptors (Lipinski definition) is 4. The Bertz CT molecular complexity index is 838. The molecule has 0 amide bonds. The van der Waals surface area contributed by atoms with Crippen LogP contribution in [0.5, 0.6) is 11.5 Å². The van der Waals surface area contributed by atoms with E-state index in [1.807, 2.05) is 24.4 Å². The van der Waals surface area contributed by atoms with E-state index in [-0.39, 0.29) is 29.5 Å².